The van der Waals surface area contributed by atoms with Crippen LogP contribution in [0.2, 0.25) is 0 Å². The van der Waals surface area contributed by atoms with E-state index in [4.69, 9.17) is 0 Å². The van der Waals surface area contributed by atoms with Crippen LogP contribution >= 0.6 is 15.9 Å². The van der Waals surface area contributed by atoms with E-state index in [1.54, 1.807) is 6.07 Å². The topological polar surface area (TPSA) is 69.6 Å². The molecule has 2 heterocycles. The van der Waals surface area contributed by atoms with E-state index in [9.17, 15) is 14.7 Å². The van der Waals surface area contributed by atoms with Crippen molar-refractivity contribution in [2.45, 2.75) is 19.4 Å². The summed E-state index contributed by atoms with van der Waals surface area (Å²) < 4.78 is 0.796. The summed E-state index contributed by atoms with van der Waals surface area (Å²) in [5, 5.41) is 12.4. The number of anilines is 2. The number of Topliss-reactive ketones (excluding diaryl/α,β-unsaturated/α-hetero) is 1. The van der Waals surface area contributed by atoms with E-state index in [0.29, 0.717) is 11.3 Å². The first-order chi connectivity index (χ1) is 9.47. The van der Waals surface area contributed by atoms with E-state index in [1.807, 2.05) is 13.0 Å². The van der Waals surface area contributed by atoms with Gasteiger partial charge in [0.1, 0.15) is 0 Å². The molecular weight excluding hydrogens is 324 g/mol. The molecule has 0 aliphatic carbocycles. The van der Waals surface area contributed by atoms with E-state index in [0.717, 1.165) is 29.7 Å². The number of aliphatic hydroxyl groups excluding tert-OH is 1. The van der Waals surface area contributed by atoms with Crippen LogP contribution in [0.4, 0.5) is 11.4 Å². The number of aliphatic hydroxyl groups is 1. The first kappa shape index (κ1) is 13.6. The van der Waals surface area contributed by atoms with Crippen LogP contribution in [-0.2, 0) is 4.79 Å². The van der Waals surface area contributed by atoms with E-state index >= 15 is 0 Å². The van der Waals surface area contributed by atoms with Crippen LogP contribution in [-0.4, -0.2) is 36.0 Å². The molecule has 0 saturated carbocycles. The number of hydrogen-bond donors (Lipinski definition) is 2. The Morgan fingerprint density at radius 2 is 2.15 bits per heavy atom. The minimum absolute atomic E-state index is 0.195. The zero-order chi connectivity index (χ0) is 14.4. The number of carbonyl (C=O) groups excluding carboxylic acids is 2. The molecule has 0 spiro atoms. The summed E-state index contributed by atoms with van der Waals surface area (Å²) in [4.78, 5) is 25.2. The van der Waals surface area contributed by atoms with Gasteiger partial charge in [-0.1, -0.05) is 6.92 Å². The third-order valence-corrected chi connectivity index (χ3v) is 4.62. The number of piperidine rings is 1. The highest BCUT2D eigenvalue weighted by molar-refractivity contribution is 9.10. The van der Waals surface area contributed by atoms with Gasteiger partial charge in [0.2, 0.25) is 0 Å². The molecule has 1 amide bonds. The van der Waals surface area contributed by atoms with Crippen molar-refractivity contribution in [2.75, 3.05) is 23.3 Å². The Hall–Kier alpha value is -1.40. The summed E-state index contributed by atoms with van der Waals surface area (Å²) in [5.74, 6) is -0.874. The Morgan fingerprint density at radius 3 is 2.85 bits per heavy atom. The number of nitrogens with one attached hydrogen (secondary N) is 1. The van der Waals surface area contributed by atoms with E-state index in [-0.39, 0.29) is 12.0 Å². The molecule has 1 aromatic rings. The van der Waals surface area contributed by atoms with Crippen LogP contribution < -0.4 is 10.2 Å². The number of hydrogen-bond acceptors (Lipinski definition) is 4. The predicted octanol–water partition coefficient (Wildman–Crippen LogP) is 1.79. The Morgan fingerprint density at radius 1 is 1.40 bits per heavy atom. The average Bonchev–Trinajstić information content (AvgIpc) is 2.68. The largest absolute Gasteiger partial charge is 0.393 e. The van der Waals surface area contributed by atoms with Crippen LogP contribution in [0.3, 0.4) is 0 Å². The molecule has 1 aromatic carbocycles. The van der Waals surface area contributed by atoms with Crippen LogP contribution in [0.15, 0.2) is 16.6 Å². The van der Waals surface area contributed by atoms with Gasteiger partial charge in [-0.2, -0.15) is 0 Å². The summed E-state index contributed by atoms with van der Waals surface area (Å²) in [5.41, 5.74) is 1.92. The van der Waals surface area contributed by atoms with Crippen molar-refractivity contribution in [3.8, 4) is 0 Å². The molecule has 2 atom stereocenters. The zero-order valence-electron chi connectivity index (χ0n) is 11.0. The lowest BCUT2D eigenvalue weighted by molar-refractivity contribution is -0.112. The Balaban J connectivity index is 1.94. The molecule has 0 aromatic heterocycles. The Bertz CT molecular complexity index is 602. The number of amides is 1. The lowest BCUT2D eigenvalue weighted by Gasteiger charge is -2.36. The molecule has 20 heavy (non-hydrogen) atoms. The Kier molecular flexibility index (Phi) is 3.30. The van der Waals surface area contributed by atoms with Crippen molar-refractivity contribution in [1.82, 2.24) is 0 Å². The molecular formula is C14H15BrN2O3. The predicted molar refractivity (Wildman–Crippen MR) is 79.1 cm³/mol. The minimum Gasteiger partial charge on any atom is -0.393 e. The summed E-state index contributed by atoms with van der Waals surface area (Å²) in [7, 11) is 0. The summed E-state index contributed by atoms with van der Waals surface area (Å²) in [6.45, 7) is 3.52. The van der Waals surface area contributed by atoms with Crippen molar-refractivity contribution in [3.63, 3.8) is 0 Å². The molecule has 5 nitrogen and oxygen atoms in total. The SMILES string of the molecule is CC1CN(c2cc3c(cc2Br)C(=O)C(=O)N3)CCC1O. The van der Waals surface area contributed by atoms with Gasteiger partial charge in [0.15, 0.2) is 0 Å². The van der Waals surface area contributed by atoms with Gasteiger partial charge in [0.05, 0.1) is 23.0 Å². The van der Waals surface area contributed by atoms with Gasteiger partial charge in [0, 0.05) is 17.6 Å². The monoisotopic (exact) mass is 338 g/mol. The lowest BCUT2D eigenvalue weighted by Crippen LogP contribution is -2.42. The quantitative estimate of drug-likeness (QED) is 0.766. The van der Waals surface area contributed by atoms with Crippen molar-refractivity contribution in [3.05, 3.63) is 22.2 Å². The normalized spacial score (nSPS) is 25.6. The van der Waals surface area contributed by atoms with Crippen molar-refractivity contribution in [1.29, 1.82) is 0 Å². The van der Waals surface area contributed by atoms with Crippen molar-refractivity contribution in [2.24, 2.45) is 5.92 Å². The molecule has 2 unspecified atom stereocenters. The van der Waals surface area contributed by atoms with E-state index < -0.39 is 11.7 Å². The second kappa shape index (κ2) is 4.86. The number of ketones is 1. The average molecular weight is 339 g/mol. The third-order valence-electron chi connectivity index (χ3n) is 3.99. The van der Waals surface area contributed by atoms with Gasteiger partial charge < -0.3 is 15.3 Å². The second-order valence-electron chi connectivity index (χ2n) is 5.41. The van der Waals surface area contributed by atoms with Gasteiger partial charge in [-0.15, -0.1) is 0 Å². The van der Waals surface area contributed by atoms with E-state index in [2.05, 4.69) is 26.1 Å². The zero-order valence-corrected chi connectivity index (χ0v) is 12.6. The van der Waals surface area contributed by atoms with Crippen LogP contribution in [0.1, 0.15) is 23.7 Å². The maximum absolute atomic E-state index is 11.7. The summed E-state index contributed by atoms with van der Waals surface area (Å²) in [6.07, 6.45) is 0.455. The van der Waals surface area contributed by atoms with Gasteiger partial charge in [-0.05, 0) is 40.4 Å². The number of carbonyl (C=O) groups is 2. The number of benzene rings is 1. The van der Waals surface area contributed by atoms with Crippen LogP contribution in [0, 0.1) is 5.92 Å². The standard InChI is InChI=1S/C14H15BrN2O3/c1-7-6-17(3-2-12(7)18)11-5-10-8(4-9(11)15)13(19)14(20)16-10/h4-5,7,12,18H,2-3,6H2,1H3,(H,16,19,20). The first-order valence-electron chi connectivity index (χ1n) is 6.59. The molecule has 2 aliphatic heterocycles. The fourth-order valence-corrected chi connectivity index (χ4v) is 3.34. The number of nitrogens with zero attached hydrogens (tertiary/aromatic N) is 1. The van der Waals surface area contributed by atoms with Crippen LogP contribution in [0.25, 0.3) is 0 Å². The molecule has 2 aliphatic rings. The van der Waals surface area contributed by atoms with Gasteiger partial charge in [-0.25, -0.2) is 0 Å². The smallest absolute Gasteiger partial charge is 0.296 e. The molecule has 0 bridgehead atoms. The Labute approximate surface area is 125 Å². The van der Waals surface area contributed by atoms with Gasteiger partial charge in [0.25, 0.3) is 11.7 Å². The van der Waals surface area contributed by atoms with E-state index in [1.165, 1.54) is 0 Å². The summed E-state index contributed by atoms with van der Waals surface area (Å²) in [6, 6.07) is 3.52. The molecule has 1 saturated heterocycles. The molecule has 106 valence electrons. The molecule has 6 heteroatoms. The highest BCUT2D eigenvalue weighted by Crippen LogP contribution is 2.36. The van der Waals surface area contributed by atoms with Gasteiger partial charge in [-0.3, -0.25) is 9.59 Å². The number of halogens is 1. The van der Waals surface area contributed by atoms with Crippen molar-refractivity contribution < 1.29 is 14.7 Å². The van der Waals surface area contributed by atoms with Crippen LogP contribution in [0.5, 0.6) is 0 Å². The molecule has 2 N–H and O–H groups in total. The fraction of sp³-hybridized carbons (Fsp3) is 0.429. The maximum Gasteiger partial charge on any atom is 0.296 e. The highest BCUT2D eigenvalue weighted by atomic mass is 79.9. The lowest BCUT2D eigenvalue weighted by atomic mass is 9.96. The third kappa shape index (κ3) is 2.13. The maximum atomic E-state index is 11.7. The molecule has 3 rings (SSSR count). The second-order valence-corrected chi connectivity index (χ2v) is 6.27. The highest BCUT2D eigenvalue weighted by Gasteiger charge is 2.31. The molecule has 0 radical (unpaired) electrons. The summed E-state index contributed by atoms with van der Waals surface area (Å²) >= 11 is 3.47. The van der Waals surface area contributed by atoms with Crippen molar-refractivity contribution >= 4 is 39.0 Å². The number of rotatable bonds is 1. The fourth-order valence-electron chi connectivity index (χ4n) is 2.75. The van der Waals surface area contributed by atoms with Gasteiger partial charge >= 0.3 is 0 Å². The minimum atomic E-state index is -0.577. The number of fused-ring (bicyclic) bond motifs is 1. The molecule has 1 fully saturated rings. The first-order valence-corrected chi connectivity index (χ1v) is 7.39.